The number of amides is 2. The standard InChI is InChI=1S/C32H34ClFN4O7/c1-4-6-25(41)37(11-15(3)39)13-24(40)35-21-8-7-16-26-22(10-20(34)28(16)33)36-29-17(27(21)26)12-38-23(29)9-19-18(30(38)42)14-45-31(43)32(19,44)5-2/h9-10,15,21,39,44H,4-8,11-14H2,1-3H3,(H,35,40)/t15?,21?,32-/m0/s1. The van der Waals surface area contributed by atoms with Gasteiger partial charge in [-0.05, 0) is 49.8 Å². The molecule has 0 saturated heterocycles. The molecule has 6 rings (SSSR count). The summed E-state index contributed by atoms with van der Waals surface area (Å²) < 4.78 is 21.7. The molecule has 0 saturated carbocycles. The van der Waals surface area contributed by atoms with Gasteiger partial charge in [0.1, 0.15) is 12.4 Å². The number of nitrogens with one attached hydrogen (secondary N) is 1. The van der Waals surface area contributed by atoms with Crippen LogP contribution in [0.15, 0.2) is 16.9 Å². The number of halogens is 2. The van der Waals surface area contributed by atoms with E-state index >= 15 is 4.39 Å². The van der Waals surface area contributed by atoms with Gasteiger partial charge in [-0.2, -0.15) is 0 Å². The quantitative estimate of drug-likeness (QED) is 0.249. The zero-order valence-corrected chi connectivity index (χ0v) is 26.0. The molecular weight excluding hydrogens is 607 g/mol. The van der Waals surface area contributed by atoms with Crippen LogP contribution in [0.5, 0.6) is 0 Å². The Morgan fingerprint density at radius 2 is 2.02 bits per heavy atom. The van der Waals surface area contributed by atoms with Gasteiger partial charge in [-0.1, -0.05) is 25.4 Å². The van der Waals surface area contributed by atoms with Crippen LogP contribution in [-0.4, -0.2) is 61.6 Å². The van der Waals surface area contributed by atoms with E-state index in [1.807, 2.05) is 6.92 Å². The van der Waals surface area contributed by atoms with Crippen LogP contribution in [0.4, 0.5) is 4.39 Å². The van der Waals surface area contributed by atoms with Crippen molar-refractivity contribution in [2.75, 3.05) is 13.1 Å². The van der Waals surface area contributed by atoms with Gasteiger partial charge in [0.25, 0.3) is 5.56 Å². The number of carbonyl (C=O) groups excluding carboxylic acids is 3. The number of benzene rings is 1. The summed E-state index contributed by atoms with van der Waals surface area (Å²) in [5, 5.41) is 24.8. The molecule has 2 amide bonds. The molecule has 0 bridgehead atoms. The van der Waals surface area contributed by atoms with E-state index in [0.29, 0.717) is 52.7 Å². The fraction of sp³-hybridized carbons (Fsp3) is 0.469. The minimum absolute atomic E-state index is 0.00274. The largest absolute Gasteiger partial charge is 0.458 e. The number of nitrogens with zero attached hydrogens (tertiary/aromatic N) is 3. The molecular formula is C32H34ClFN4O7. The van der Waals surface area contributed by atoms with Gasteiger partial charge in [-0.15, -0.1) is 0 Å². The minimum Gasteiger partial charge on any atom is -0.458 e. The van der Waals surface area contributed by atoms with Crippen LogP contribution in [0, 0.1) is 5.82 Å². The maximum absolute atomic E-state index is 15.0. The van der Waals surface area contributed by atoms with Crippen LogP contribution < -0.4 is 10.9 Å². The summed E-state index contributed by atoms with van der Waals surface area (Å²) in [4.78, 5) is 58.6. The lowest BCUT2D eigenvalue weighted by atomic mass is 9.83. The Bertz CT molecular complexity index is 1840. The average molecular weight is 641 g/mol. The smallest absolute Gasteiger partial charge is 0.343 e. The Balaban J connectivity index is 1.48. The van der Waals surface area contributed by atoms with Crippen LogP contribution in [0.25, 0.3) is 22.3 Å². The Morgan fingerprint density at radius 1 is 1.27 bits per heavy atom. The highest BCUT2D eigenvalue weighted by atomic mass is 35.5. The molecule has 0 fully saturated rings. The van der Waals surface area contributed by atoms with Gasteiger partial charge in [-0.3, -0.25) is 14.4 Å². The van der Waals surface area contributed by atoms with Crippen molar-refractivity contribution in [3.8, 4) is 11.4 Å². The molecule has 11 nitrogen and oxygen atoms in total. The van der Waals surface area contributed by atoms with Gasteiger partial charge in [-0.25, -0.2) is 14.2 Å². The molecule has 45 heavy (non-hydrogen) atoms. The van der Waals surface area contributed by atoms with Crippen LogP contribution >= 0.6 is 11.6 Å². The first kappa shape index (κ1) is 31.1. The van der Waals surface area contributed by atoms with Gasteiger partial charge in [0.2, 0.25) is 11.8 Å². The number of esters is 1. The second-order valence-corrected chi connectivity index (χ2v) is 12.4. The highest BCUT2D eigenvalue weighted by molar-refractivity contribution is 6.32. The van der Waals surface area contributed by atoms with Crippen molar-refractivity contribution in [1.29, 1.82) is 0 Å². The number of pyridine rings is 2. The minimum atomic E-state index is -2.01. The highest BCUT2D eigenvalue weighted by Gasteiger charge is 2.46. The van der Waals surface area contributed by atoms with Crippen LogP contribution in [0.2, 0.25) is 5.02 Å². The summed E-state index contributed by atoms with van der Waals surface area (Å²) in [5.74, 6) is -2.17. The van der Waals surface area contributed by atoms with E-state index in [1.165, 1.54) is 15.5 Å². The normalized spacial score (nSPS) is 20.2. The van der Waals surface area contributed by atoms with Gasteiger partial charge >= 0.3 is 5.97 Å². The molecule has 238 valence electrons. The number of hydrogen-bond donors (Lipinski definition) is 3. The number of carbonyl (C=O) groups is 3. The van der Waals surface area contributed by atoms with Crippen LogP contribution in [0.1, 0.15) is 80.3 Å². The molecule has 3 atom stereocenters. The first-order valence-electron chi connectivity index (χ1n) is 15.1. The Kier molecular flexibility index (Phi) is 7.95. The topological polar surface area (TPSA) is 151 Å². The van der Waals surface area contributed by atoms with Crippen molar-refractivity contribution < 1.29 is 33.7 Å². The van der Waals surface area contributed by atoms with Crippen molar-refractivity contribution in [2.24, 2.45) is 0 Å². The summed E-state index contributed by atoms with van der Waals surface area (Å²) >= 11 is 6.44. The number of fused-ring (bicyclic) bond motifs is 5. The lowest BCUT2D eigenvalue weighted by molar-refractivity contribution is -0.172. The molecule has 3 N–H and O–H groups in total. The van der Waals surface area contributed by atoms with E-state index in [1.54, 1.807) is 19.9 Å². The van der Waals surface area contributed by atoms with Crippen LogP contribution in [-0.2, 0) is 44.3 Å². The van der Waals surface area contributed by atoms with E-state index in [2.05, 4.69) is 5.32 Å². The predicted octanol–water partition coefficient (Wildman–Crippen LogP) is 2.99. The van der Waals surface area contributed by atoms with Gasteiger partial charge in [0.15, 0.2) is 5.60 Å². The third kappa shape index (κ3) is 4.99. The number of cyclic esters (lactones) is 1. The molecule has 3 aliphatic rings. The van der Waals surface area contributed by atoms with Crippen LogP contribution in [0.3, 0.4) is 0 Å². The van der Waals surface area contributed by atoms with E-state index in [4.69, 9.17) is 21.3 Å². The monoisotopic (exact) mass is 640 g/mol. The zero-order valence-electron chi connectivity index (χ0n) is 25.2. The molecule has 2 unspecified atom stereocenters. The molecule has 13 heteroatoms. The Morgan fingerprint density at radius 3 is 2.71 bits per heavy atom. The van der Waals surface area contributed by atoms with Crippen molar-refractivity contribution in [3.05, 3.63) is 61.1 Å². The van der Waals surface area contributed by atoms with E-state index in [-0.39, 0.29) is 66.7 Å². The number of aromatic nitrogens is 2. The number of aryl methyl sites for hydroxylation is 1. The van der Waals surface area contributed by atoms with E-state index < -0.39 is 41.0 Å². The number of aliphatic hydroxyl groups is 2. The maximum atomic E-state index is 15.0. The highest BCUT2D eigenvalue weighted by Crippen LogP contribution is 2.46. The zero-order chi connectivity index (χ0) is 32.4. The van der Waals surface area contributed by atoms with Gasteiger partial charge < -0.3 is 29.7 Å². The number of hydrogen-bond acceptors (Lipinski definition) is 8. The summed E-state index contributed by atoms with van der Waals surface area (Å²) in [5.41, 5.74) is 0.722. The lowest BCUT2D eigenvalue weighted by Crippen LogP contribution is -2.45. The third-order valence-corrected chi connectivity index (χ3v) is 9.42. The summed E-state index contributed by atoms with van der Waals surface area (Å²) in [6.45, 7) is 4.56. The number of rotatable bonds is 8. The number of ether oxygens (including phenoxy) is 1. The van der Waals surface area contributed by atoms with Crippen molar-refractivity contribution in [2.45, 2.75) is 83.8 Å². The first-order chi connectivity index (χ1) is 21.4. The molecule has 3 aromatic rings. The fourth-order valence-electron chi connectivity index (χ4n) is 6.86. The SMILES string of the molecule is CCCC(=O)N(CC(=O)NC1CCc2c(Cl)c(F)cc3nc4c(c1c23)Cn1c-4cc2c(c1=O)COC(=O)[C@]2(O)CC)CC(C)O. The second-order valence-electron chi connectivity index (χ2n) is 12.0. The summed E-state index contributed by atoms with van der Waals surface area (Å²) in [7, 11) is 0. The fourth-order valence-corrected chi connectivity index (χ4v) is 7.10. The van der Waals surface area contributed by atoms with Crippen molar-refractivity contribution in [3.63, 3.8) is 0 Å². The van der Waals surface area contributed by atoms with Gasteiger partial charge in [0.05, 0.1) is 52.7 Å². The number of aliphatic hydroxyl groups excluding tert-OH is 1. The Labute approximate surface area is 262 Å². The predicted molar refractivity (Wildman–Crippen MR) is 162 cm³/mol. The molecule has 2 aliphatic heterocycles. The summed E-state index contributed by atoms with van der Waals surface area (Å²) in [6, 6.07) is 2.22. The molecule has 4 heterocycles. The molecule has 0 radical (unpaired) electrons. The van der Waals surface area contributed by atoms with E-state index in [9.17, 15) is 29.4 Å². The lowest BCUT2D eigenvalue weighted by Gasteiger charge is -2.31. The summed E-state index contributed by atoms with van der Waals surface area (Å²) in [6.07, 6.45) is 0.704. The van der Waals surface area contributed by atoms with Gasteiger partial charge in [0, 0.05) is 35.5 Å². The van der Waals surface area contributed by atoms with Crippen molar-refractivity contribution in [1.82, 2.24) is 19.8 Å². The first-order valence-corrected chi connectivity index (χ1v) is 15.5. The Hall–Kier alpha value is -3.87. The van der Waals surface area contributed by atoms with E-state index in [0.717, 1.165) is 0 Å². The average Bonchev–Trinajstić information content (AvgIpc) is 3.36. The maximum Gasteiger partial charge on any atom is 0.343 e. The molecule has 2 aromatic heterocycles. The second kappa shape index (κ2) is 11.5. The third-order valence-electron chi connectivity index (χ3n) is 9.01. The molecule has 1 aliphatic carbocycles. The molecule has 0 spiro atoms. The van der Waals surface area contributed by atoms with Crippen molar-refractivity contribution >= 4 is 40.3 Å². The molecule has 1 aromatic carbocycles.